The predicted octanol–water partition coefficient (Wildman–Crippen LogP) is 1.86. The zero-order valence-corrected chi connectivity index (χ0v) is 13.2. The summed E-state index contributed by atoms with van der Waals surface area (Å²) < 4.78 is 14.1. The van der Waals surface area contributed by atoms with Crippen LogP contribution in [0.3, 0.4) is 0 Å². The summed E-state index contributed by atoms with van der Waals surface area (Å²) in [6.45, 7) is 7.09. The third-order valence-corrected chi connectivity index (χ3v) is 4.82. The Balaban J connectivity index is 1.55. The summed E-state index contributed by atoms with van der Waals surface area (Å²) in [6.07, 6.45) is 2.08. The Bertz CT molecular complexity index is 555. The molecule has 1 aromatic rings. The number of nitro groups is 1. The summed E-state index contributed by atoms with van der Waals surface area (Å²) in [4.78, 5) is 14.6. The molecule has 0 aliphatic carbocycles. The Morgan fingerprint density at radius 1 is 1.22 bits per heavy atom. The first kappa shape index (κ1) is 16.1. The van der Waals surface area contributed by atoms with Crippen LogP contribution in [0, 0.1) is 21.8 Å². The summed E-state index contributed by atoms with van der Waals surface area (Å²) in [5, 5.41) is 14.0. The molecule has 2 heterocycles. The number of rotatable bonds is 4. The van der Waals surface area contributed by atoms with Crippen LogP contribution in [0.25, 0.3) is 0 Å². The molecule has 2 aliphatic heterocycles. The molecule has 1 N–H and O–H groups in total. The highest BCUT2D eigenvalue weighted by molar-refractivity contribution is 5.52. The van der Waals surface area contributed by atoms with Crippen molar-refractivity contribution in [3.05, 3.63) is 34.1 Å². The van der Waals surface area contributed by atoms with Crippen molar-refractivity contribution in [2.75, 3.05) is 50.7 Å². The van der Waals surface area contributed by atoms with Gasteiger partial charge in [0.1, 0.15) is 0 Å². The Morgan fingerprint density at radius 2 is 1.91 bits per heavy atom. The van der Waals surface area contributed by atoms with E-state index in [4.69, 9.17) is 0 Å². The van der Waals surface area contributed by atoms with E-state index in [1.807, 2.05) is 4.90 Å². The molecule has 23 heavy (non-hydrogen) atoms. The van der Waals surface area contributed by atoms with Crippen molar-refractivity contribution in [3.8, 4) is 0 Å². The molecule has 0 amide bonds. The number of nitrogens with one attached hydrogen (secondary N) is 1. The van der Waals surface area contributed by atoms with E-state index in [1.54, 1.807) is 0 Å². The van der Waals surface area contributed by atoms with Crippen LogP contribution in [-0.4, -0.2) is 55.6 Å². The molecule has 7 heteroatoms. The largest absolute Gasteiger partial charge is 0.369 e. The van der Waals surface area contributed by atoms with Gasteiger partial charge >= 0.3 is 0 Å². The van der Waals surface area contributed by atoms with Crippen LogP contribution in [-0.2, 0) is 0 Å². The van der Waals surface area contributed by atoms with E-state index in [0.29, 0.717) is 11.6 Å². The minimum absolute atomic E-state index is 0.195. The smallest absolute Gasteiger partial charge is 0.272 e. The molecule has 0 unspecified atom stereocenters. The van der Waals surface area contributed by atoms with Gasteiger partial charge in [-0.05, 0) is 24.8 Å². The van der Waals surface area contributed by atoms with Gasteiger partial charge in [-0.25, -0.2) is 4.39 Å². The third kappa shape index (κ3) is 3.97. The number of hydrogen-bond acceptors (Lipinski definition) is 5. The van der Waals surface area contributed by atoms with Gasteiger partial charge in [0, 0.05) is 51.9 Å². The average molecular weight is 322 g/mol. The molecular weight excluding hydrogens is 299 g/mol. The maximum atomic E-state index is 14.1. The number of nitro benzene ring substituents is 1. The lowest BCUT2D eigenvalue weighted by atomic mass is 9.95. The fourth-order valence-electron chi connectivity index (χ4n) is 3.48. The fourth-order valence-corrected chi connectivity index (χ4v) is 3.48. The van der Waals surface area contributed by atoms with Gasteiger partial charge in [0.25, 0.3) is 5.69 Å². The van der Waals surface area contributed by atoms with E-state index >= 15 is 0 Å². The lowest BCUT2D eigenvalue weighted by Crippen LogP contribution is -2.47. The van der Waals surface area contributed by atoms with Crippen LogP contribution in [0.5, 0.6) is 0 Å². The molecule has 2 aliphatic rings. The number of hydrogen-bond donors (Lipinski definition) is 1. The third-order valence-electron chi connectivity index (χ3n) is 4.82. The monoisotopic (exact) mass is 322 g/mol. The molecule has 0 aromatic heterocycles. The van der Waals surface area contributed by atoms with Crippen LogP contribution < -0.4 is 10.2 Å². The van der Waals surface area contributed by atoms with Gasteiger partial charge in [-0.1, -0.05) is 0 Å². The van der Waals surface area contributed by atoms with Gasteiger partial charge in [-0.15, -0.1) is 0 Å². The second kappa shape index (κ2) is 7.23. The van der Waals surface area contributed by atoms with Gasteiger partial charge in [0.15, 0.2) is 5.82 Å². The highest BCUT2D eigenvalue weighted by atomic mass is 19.1. The topological polar surface area (TPSA) is 61.7 Å². The summed E-state index contributed by atoms with van der Waals surface area (Å²) in [7, 11) is 0. The van der Waals surface area contributed by atoms with Gasteiger partial charge in [0.2, 0.25) is 0 Å². The van der Waals surface area contributed by atoms with Crippen molar-refractivity contribution in [2.24, 2.45) is 5.92 Å². The van der Waals surface area contributed by atoms with Gasteiger partial charge in [-0.3, -0.25) is 10.1 Å². The van der Waals surface area contributed by atoms with Crippen LogP contribution in [0.4, 0.5) is 15.8 Å². The SMILES string of the molecule is O=[N+]([O-])c1ccc(N2CCC(CN3CCNCC3)CC2)c(F)c1. The second-order valence-corrected chi connectivity index (χ2v) is 6.37. The van der Waals surface area contributed by atoms with Crippen molar-refractivity contribution in [1.82, 2.24) is 10.2 Å². The molecule has 0 saturated carbocycles. The molecule has 126 valence electrons. The minimum atomic E-state index is -0.563. The van der Waals surface area contributed by atoms with Crippen molar-refractivity contribution in [1.29, 1.82) is 0 Å². The predicted molar refractivity (Wildman–Crippen MR) is 87.3 cm³/mol. The Hall–Kier alpha value is -1.73. The number of piperidine rings is 1. The number of anilines is 1. The van der Waals surface area contributed by atoms with Crippen LogP contribution in [0.2, 0.25) is 0 Å². The van der Waals surface area contributed by atoms with E-state index < -0.39 is 10.7 Å². The van der Waals surface area contributed by atoms with Gasteiger partial charge in [0.05, 0.1) is 16.7 Å². The Labute approximate surface area is 135 Å². The van der Waals surface area contributed by atoms with Crippen LogP contribution >= 0.6 is 0 Å². The quantitative estimate of drug-likeness (QED) is 0.677. The Kier molecular flexibility index (Phi) is 5.07. The van der Waals surface area contributed by atoms with E-state index in [-0.39, 0.29) is 5.69 Å². The first-order chi connectivity index (χ1) is 11.1. The molecule has 0 bridgehead atoms. The number of piperazine rings is 1. The van der Waals surface area contributed by atoms with Gasteiger partial charge < -0.3 is 15.1 Å². The van der Waals surface area contributed by atoms with E-state index in [0.717, 1.165) is 64.7 Å². The zero-order chi connectivity index (χ0) is 16.2. The number of non-ortho nitro benzene ring substituents is 1. The summed E-state index contributed by atoms with van der Waals surface area (Å²) >= 11 is 0. The minimum Gasteiger partial charge on any atom is -0.369 e. The molecule has 2 saturated heterocycles. The van der Waals surface area contributed by atoms with Crippen LogP contribution in [0.1, 0.15) is 12.8 Å². The highest BCUT2D eigenvalue weighted by Crippen LogP contribution is 2.28. The Morgan fingerprint density at radius 3 is 2.52 bits per heavy atom. The van der Waals surface area contributed by atoms with Crippen molar-refractivity contribution in [3.63, 3.8) is 0 Å². The molecule has 1 aromatic carbocycles. The zero-order valence-electron chi connectivity index (χ0n) is 13.2. The van der Waals surface area contributed by atoms with Gasteiger partial charge in [-0.2, -0.15) is 0 Å². The number of halogens is 1. The fraction of sp³-hybridized carbons (Fsp3) is 0.625. The first-order valence-corrected chi connectivity index (χ1v) is 8.25. The summed E-state index contributed by atoms with van der Waals surface area (Å²) in [5.41, 5.74) is 0.288. The van der Waals surface area contributed by atoms with E-state index in [2.05, 4.69) is 10.2 Å². The normalized spacial score (nSPS) is 20.7. The molecule has 0 spiro atoms. The summed E-state index contributed by atoms with van der Waals surface area (Å²) in [5.74, 6) is 0.158. The molecule has 0 atom stereocenters. The maximum Gasteiger partial charge on any atom is 0.272 e. The highest BCUT2D eigenvalue weighted by Gasteiger charge is 2.24. The van der Waals surface area contributed by atoms with Crippen molar-refractivity contribution in [2.45, 2.75) is 12.8 Å². The van der Waals surface area contributed by atoms with E-state index in [1.165, 1.54) is 12.1 Å². The maximum absolute atomic E-state index is 14.1. The molecule has 0 radical (unpaired) electrons. The van der Waals surface area contributed by atoms with Crippen LogP contribution in [0.15, 0.2) is 18.2 Å². The van der Waals surface area contributed by atoms with Crippen molar-refractivity contribution < 1.29 is 9.31 Å². The molecular formula is C16H23FN4O2. The second-order valence-electron chi connectivity index (χ2n) is 6.37. The first-order valence-electron chi connectivity index (χ1n) is 8.25. The summed E-state index contributed by atoms with van der Waals surface area (Å²) in [6, 6.07) is 3.93. The molecule has 2 fully saturated rings. The lowest BCUT2D eigenvalue weighted by Gasteiger charge is -2.37. The lowest BCUT2D eigenvalue weighted by molar-refractivity contribution is -0.385. The standard InChI is InChI=1S/C16H23FN4O2/c17-15-11-14(21(22)23)1-2-16(15)20-7-3-13(4-8-20)12-19-9-5-18-6-10-19/h1-2,11,13,18H,3-10,12H2. The molecule has 3 rings (SSSR count). The number of benzene rings is 1. The average Bonchev–Trinajstić information content (AvgIpc) is 2.56. The molecule has 6 nitrogen and oxygen atoms in total. The number of nitrogens with zero attached hydrogens (tertiary/aromatic N) is 3. The van der Waals surface area contributed by atoms with E-state index in [9.17, 15) is 14.5 Å². The van der Waals surface area contributed by atoms with Crippen molar-refractivity contribution >= 4 is 11.4 Å².